The average molecular weight is 117 g/mol. The van der Waals surface area contributed by atoms with Gasteiger partial charge in [-0.05, 0) is 0 Å². The molecule has 0 aromatic carbocycles. The third kappa shape index (κ3) is 1.07. The van der Waals surface area contributed by atoms with Gasteiger partial charge in [0.2, 0.25) is 0 Å². The van der Waals surface area contributed by atoms with Gasteiger partial charge in [0.15, 0.2) is 0 Å². The van der Waals surface area contributed by atoms with Gasteiger partial charge >= 0.3 is 0 Å². The summed E-state index contributed by atoms with van der Waals surface area (Å²) in [5, 5.41) is 0. The van der Waals surface area contributed by atoms with Crippen molar-refractivity contribution in [1.82, 2.24) is 0 Å². The standard InChI is InChI=1S/C3H7N3S/c4-2-1-7-3(5)6-2/h3H,1,5H2,(H2,4,6). The van der Waals surface area contributed by atoms with E-state index in [0.717, 1.165) is 5.75 Å². The number of amidine groups is 1. The Morgan fingerprint density at radius 3 is 2.71 bits per heavy atom. The van der Waals surface area contributed by atoms with Gasteiger partial charge in [0.1, 0.15) is 11.3 Å². The first-order valence-corrected chi connectivity index (χ1v) is 3.03. The molecule has 0 aliphatic carbocycles. The Bertz CT molecular complexity index is 100. The van der Waals surface area contributed by atoms with Gasteiger partial charge in [-0.3, -0.25) is 0 Å². The van der Waals surface area contributed by atoms with E-state index in [1.807, 2.05) is 0 Å². The van der Waals surface area contributed by atoms with Crippen LogP contribution in [0.5, 0.6) is 0 Å². The minimum Gasteiger partial charge on any atom is -0.387 e. The van der Waals surface area contributed by atoms with Crippen molar-refractivity contribution in [3.05, 3.63) is 0 Å². The molecule has 4 N–H and O–H groups in total. The molecular weight excluding hydrogens is 110 g/mol. The molecule has 1 aliphatic rings. The van der Waals surface area contributed by atoms with Crippen LogP contribution in [0.4, 0.5) is 0 Å². The lowest BCUT2D eigenvalue weighted by Crippen LogP contribution is -2.11. The number of aliphatic imine (C=N–C) groups is 1. The van der Waals surface area contributed by atoms with Gasteiger partial charge in [-0.25, -0.2) is 4.99 Å². The van der Waals surface area contributed by atoms with E-state index in [9.17, 15) is 0 Å². The number of nitrogens with zero attached hydrogens (tertiary/aromatic N) is 1. The second-order valence-corrected chi connectivity index (χ2v) is 2.43. The molecule has 0 aromatic heterocycles. The Hall–Kier alpha value is -0.220. The molecule has 0 saturated carbocycles. The minimum absolute atomic E-state index is 0.0972. The summed E-state index contributed by atoms with van der Waals surface area (Å²) in [6.45, 7) is 0. The minimum atomic E-state index is -0.0972. The highest BCUT2D eigenvalue weighted by Gasteiger charge is 2.08. The van der Waals surface area contributed by atoms with E-state index in [0.29, 0.717) is 5.84 Å². The van der Waals surface area contributed by atoms with Gasteiger partial charge in [0.25, 0.3) is 0 Å². The maximum absolute atomic E-state index is 5.32. The highest BCUT2D eigenvalue weighted by Crippen LogP contribution is 2.12. The second kappa shape index (κ2) is 1.71. The van der Waals surface area contributed by atoms with Crippen molar-refractivity contribution in [2.24, 2.45) is 16.5 Å². The first kappa shape index (κ1) is 4.93. The molecule has 1 rings (SSSR count). The summed E-state index contributed by atoms with van der Waals surface area (Å²) in [5.74, 6) is 1.46. The molecule has 1 aliphatic heterocycles. The molecule has 1 heterocycles. The predicted molar refractivity (Wildman–Crippen MR) is 32.1 cm³/mol. The molecule has 0 bridgehead atoms. The van der Waals surface area contributed by atoms with Crippen LogP contribution >= 0.6 is 11.8 Å². The summed E-state index contributed by atoms with van der Waals surface area (Å²) >= 11 is 1.55. The highest BCUT2D eigenvalue weighted by molar-refractivity contribution is 8.00. The van der Waals surface area contributed by atoms with Crippen LogP contribution in [-0.4, -0.2) is 17.1 Å². The molecule has 7 heavy (non-hydrogen) atoms. The largest absolute Gasteiger partial charge is 0.387 e. The smallest absolute Gasteiger partial charge is 0.146 e. The zero-order valence-electron chi connectivity index (χ0n) is 3.79. The van der Waals surface area contributed by atoms with Crippen LogP contribution in [0.25, 0.3) is 0 Å². The van der Waals surface area contributed by atoms with E-state index in [-0.39, 0.29) is 5.50 Å². The predicted octanol–water partition coefficient (Wildman–Crippen LogP) is -0.667. The average Bonchev–Trinajstić information content (AvgIpc) is 1.87. The number of rotatable bonds is 0. The van der Waals surface area contributed by atoms with Gasteiger partial charge < -0.3 is 11.5 Å². The second-order valence-electron chi connectivity index (χ2n) is 1.32. The van der Waals surface area contributed by atoms with E-state index in [2.05, 4.69) is 4.99 Å². The van der Waals surface area contributed by atoms with Crippen LogP contribution in [0.2, 0.25) is 0 Å². The highest BCUT2D eigenvalue weighted by atomic mass is 32.2. The van der Waals surface area contributed by atoms with E-state index in [1.165, 1.54) is 0 Å². The van der Waals surface area contributed by atoms with Crippen LogP contribution in [0.1, 0.15) is 0 Å². The van der Waals surface area contributed by atoms with Crippen molar-refractivity contribution in [3.63, 3.8) is 0 Å². The van der Waals surface area contributed by atoms with E-state index >= 15 is 0 Å². The molecule has 0 aromatic rings. The lowest BCUT2D eigenvalue weighted by molar-refractivity contribution is 1.00. The Balaban J connectivity index is 2.50. The molecule has 1 atom stereocenters. The van der Waals surface area contributed by atoms with Crippen molar-refractivity contribution in [2.75, 3.05) is 5.75 Å². The van der Waals surface area contributed by atoms with E-state index in [1.54, 1.807) is 11.8 Å². The molecule has 4 heteroatoms. The lowest BCUT2D eigenvalue weighted by atomic mass is 10.7. The Morgan fingerprint density at radius 2 is 2.57 bits per heavy atom. The van der Waals surface area contributed by atoms with Gasteiger partial charge in [0.05, 0.1) is 5.75 Å². The molecule has 0 amide bonds. The number of nitrogens with two attached hydrogens (primary N) is 2. The molecule has 0 fully saturated rings. The number of thioether (sulfide) groups is 1. The van der Waals surface area contributed by atoms with Crippen LogP contribution in [0.15, 0.2) is 4.99 Å². The molecular formula is C3H7N3S. The summed E-state index contributed by atoms with van der Waals surface area (Å²) in [5.41, 5.74) is 10.5. The van der Waals surface area contributed by atoms with Crippen molar-refractivity contribution in [3.8, 4) is 0 Å². The fraction of sp³-hybridized carbons (Fsp3) is 0.667. The molecule has 40 valence electrons. The van der Waals surface area contributed by atoms with Crippen molar-refractivity contribution in [2.45, 2.75) is 5.50 Å². The lowest BCUT2D eigenvalue weighted by Gasteiger charge is -1.89. The van der Waals surface area contributed by atoms with Crippen LogP contribution in [0, 0.1) is 0 Å². The van der Waals surface area contributed by atoms with Gasteiger partial charge in [0, 0.05) is 0 Å². The Kier molecular flexibility index (Phi) is 1.21. The fourth-order valence-electron chi connectivity index (χ4n) is 0.409. The summed E-state index contributed by atoms with van der Waals surface area (Å²) in [6.07, 6.45) is 0. The summed E-state index contributed by atoms with van der Waals surface area (Å²) in [7, 11) is 0. The first-order valence-electron chi connectivity index (χ1n) is 1.98. The van der Waals surface area contributed by atoms with Gasteiger partial charge in [-0.2, -0.15) is 0 Å². The Morgan fingerprint density at radius 1 is 1.86 bits per heavy atom. The maximum Gasteiger partial charge on any atom is 0.146 e. The van der Waals surface area contributed by atoms with Crippen LogP contribution in [-0.2, 0) is 0 Å². The SMILES string of the molecule is NC1=NC(N)SC1. The fourth-order valence-corrected chi connectivity index (χ4v) is 1.03. The van der Waals surface area contributed by atoms with Crippen molar-refractivity contribution >= 4 is 17.6 Å². The molecule has 0 saturated heterocycles. The molecule has 0 radical (unpaired) electrons. The van der Waals surface area contributed by atoms with Crippen molar-refractivity contribution in [1.29, 1.82) is 0 Å². The van der Waals surface area contributed by atoms with Crippen molar-refractivity contribution < 1.29 is 0 Å². The van der Waals surface area contributed by atoms with Gasteiger partial charge in [-0.1, -0.05) is 0 Å². The van der Waals surface area contributed by atoms with Crippen LogP contribution < -0.4 is 11.5 Å². The van der Waals surface area contributed by atoms with E-state index in [4.69, 9.17) is 11.5 Å². The third-order valence-electron chi connectivity index (χ3n) is 0.695. The monoisotopic (exact) mass is 117 g/mol. The number of hydrogen-bond acceptors (Lipinski definition) is 4. The molecule has 0 spiro atoms. The quantitative estimate of drug-likeness (QED) is 0.442. The summed E-state index contributed by atoms with van der Waals surface area (Å²) in [6, 6.07) is 0. The summed E-state index contributed by atoms with van der Waals surface area (Å²) < 4.78 is 0. The zero-order valence-corrected chi connectivity index (χ0v) is 4.61. The number of hydrogen-bond donors (Lipinski definition) is 2. The maximum atomic E-state index is 5.32. The first-order chi connectivity index (χ1) is 3.29. The summed E-state index contributed by atoms with van der Waals surface area (Å²) in [4.78, 5) is 3.82. The normalized spacial score (nSPS) is 30.4. The van der Waals surface area contributed by atoms with E-state index < -0.39 is 0 Å². The molecule has 1 unspecified atom stereocenters. The van der Waals surface area contributed by atoms with Gasteiger partial charge in [-0.15, -0.1) is 11.8 Å². The topological polar surface area (TPSA) is 64.4 Å². The van der Waals surface area contributed by atoms with Crippen LogP contribution in [0.3, 0.4) is 0 Å². The Labute approximate surface area is 46.2 Å². The third-order valence-corrected chi connectivity index (χ3v) is 1.60. The molecule has 3 nitrogen and oxygen atoms in total. The zero-order chi connectivity index (χ0) is 5.28.